The number of carbonyl (C=O) groups excluding carboxylic acids is 2. The van der Waals surface area contributed by atoms with Crippen LogP contribution in [0.4, 0.5) is 17.1 Å². The van der Waals surface area contributed by atoms with Gasteiger partial charge in [0.25, 0.3) is 11.6 Å². The van der Waals surface area contributed by atoms with Crippen LogP contribution in [0.2, 0.25) is 0 Å². The van der Waals surface area contributed by atoms with Crippen LogP contribution in [0.5, 0.6) is 0 Å². The van der Waals surface area contributed by atoms with Crippen LogP contribution < -0.4 is 10.2 Å². The van der Waals surface area contributed by atoms with Crippen LogP contribution in [0.1, 0.15) is 29.8 Å². The molecule has 0 unspecified atom stereocenters. The van der Waals surface area contributed by atoms with E-state index in [2.05, 4.69) is 10.2 Å². The molecule has 1 saturated heterocycles. The van der Waals surface area contributed by atoms with E-state index < -0.39 is 10.8 Å². The Morgan fingerprint density at radius 1 is 1.03 bits per heavy atom. The van der Waals surface area contributed by atoms with Crippen molar-refractivity contribution in [1.29, 1.82) is 0 Å². The van der Waals surface area contributed by atoms with Crippen molar-refractivity contribution < 1.29 is 14.5 Å². The first-order valence-electron chi connectivity index (χ1n) is 9.97. The molecule has 1 N–H and O–H groups in total. The number of amides is 2. The molecule has 0 spiro atoms. The quantitative estimate of drug-likeness (QED) is 0.602. The highest BCUT2D eigenvalue weighted by molar-refractivity contribution is 6.07. The van der Waals surface area contributed by atoms with Gasteiger partial charge in [-0.2, -0.15) is 0 Å². The Balaban J connectivity index is 1.77. The zero-order valence-corrected chi connectivity index (χ0v) is 17.4. The second-order valence-electron chi connectivity index (χ2n) is 7.65. The average molecular weight is 410 g/mol. The molecule has 8 heteroatoms. The fourth-order valence-corrected chi connectivity index (χ4v) is 3.64. The van der Waals surface area contributed by atoms with E-state index in [-0.39, 0.29) is 23.1 Å². The summed E-state index contributed by atoms with van der Waals surface area (Å²) in [5.74, 6) is -0.268. The molecule has 158 valence electrons. The fourth-order valence-electron chi connectivity index (χ4n) is 3.64. The summed E-state index contributed by atoms with van der Waals surface area (Å²) in [6, 6.07) is 11.9. The summed E-state index contributed by atoms with van der Waals surface area (Å²) in [6.45, 7) is 7.96. The van der Waals surface area contributed by atoms with Crippen LogP contribution >= 0.6 is 0 Å². The number of hydrogen-bond donors (Lipinski definition) is 1. The maximum Gasteiger partial charge on any atom is 0.273 e. The number of hydrogen-bond acceptors (Lipinski definition) is 5. The number of nitrogens with zero attached hydrogens (tertiary/aromatic N) is 3. The summed E-state index contributed by atoms with van der Waals surface area (Å²) in [6.07, 6.45) is 0. The highest BCUT2D eigenvalue weighted by Gasteiger charge is 2.25. The van der Waals surface area contributed by atoms with E-state index in [0.29, 0.717) is 37.4 Å². The molecule has 8 nitrogen and oxygen atoms in total. The summed E-state index contributed by atoms with van der Waals surface area (Å²) < 4.78 is 0. The first-order valence-corrected chi connectivity index (χ1v) is 9.97. The largest absolute Gasteiger partial charge is 0.366 e. The van der Waals surface area contributed by atoms with Crippen LogP contribution in [0.3, 0.4) is 0 Å². The Hall–Kier alpha value is -3.42. The first-order chi connectivity index (χ1) is 14.3. The summed E-state index contributed by atoms with van der Waals surface area (Å²) in [5.41, 5.74) is 2.02. The highest BCUT2D eigenvalue weighted by atomic mass is 16.6. The molecule has 0 aliphatic carbocycles. The van der Waals surface area contributed by atoms with Crippen molar-refractivity contribution in [1.82, 2.24) is 4.90 Å². The van der Waals surface area contributed by atoms with Gasteiger partial charge in [-0.15, -0.1) is 0 Å². The minimum Gasteiger partial charge on any atom is -0.366 e. The highest BCUT2D eigenvalue weighted by Crippen LogP contribution is 2.28. The minimum atomic E-state index is -0.488. The number of carbonyl (C=O) groups is 2. The molecule has 1 aliphatic rings. The molecule has 3 rings (SSSR count). The second-order valence-corrected chi connectivity index (χ2v) is 7.65. The summed E-state index contributed by atoms with van der Waals surface area (Å²) in [5, 5.41) is 14.1. The lowest BCUT2D eigenvalue weighted by Gasteiger charge is -2.37. The lowest BCUT2D eigenvalue weighted by Crippen LogP contribution is -2.50. The van der Waals surface area contributed by atoms with Crippen LogP contribution in [-0.2, 0) is 4.79 Å². The Labute approximate surface area is 175 Å². The summed E-state index contributed by atoms with van der Waals surface area (Å²) in [4.78, 5) is 39.8. The average Bonchev–Trinajstić information content (AvgIpc) is 2.73. The molecule has 1 heterocycles. The van der Waals surface area contributed by atoms with Crippen molar-refractivity contribution in [2.45, 2.75) is 20.8 Å². The zero-order chi connectivity index (χ0) is 21.8. The van der Waals surface area contributed by atoms with E-state index >= 15 is 0 Å². The fraction of sp³-hybridized carbons (Fsp3) is 0.364. The standard InChI is InChI=1S/C22H26N4O4/c1-15(2)22(28)25-13-11-24(12-14-25)20-9-5-4-8-18(20)23-21(27)17-7-6-10-19(16(17)3)26(29)30/h4-10,15H,11-14H2,1-3H3,(H,23,27). The van der Waals surface area contributed by atoms with Gasteiger partial charge in [-0.1, -0.05) is 32.0 Å². The monoisotopic (exact) mass is 410 g/mol. The Kier molecular flexibility index (Phi) is 6.34. The molecular formula is C22H26N4O4. The van der Waals surface area contributed by atoms with Crippen molar-refractivity contribution in [3.05, 3.63) is 63.7 Å². The number of nitro groups is 1. The Bertz CT molecular complexity index is 965. The van der Waals surface area contributed by atoms with Gasteiger partial charge in [0, 0.05) is 49.3 Å². The van der Waals surface area contributed by atoms with Crippen molar-refractivity contribution in [2.75, 3.05) is 36.4 Å². The predicted molar refractivity (Wildman–Crippen MR) is 116 cm³/mol. The smallest absolute Gasteiger partial charge is 0.273 e. The number of anilines is 2. The SMILES string of the molecule is Cc1c(C(=O)Nc2ccccc2N2CCN(C(=O)C(C)C)CC2)cccc1[N+](=O)[O-]. The maximum atomic E-state index is 12.9. The molecule has 0 saturated carbocycles. The van der Waals surface area contributed by atoms with Gasteiger partial charge >= 0.3 is 0 Å². The number of para-hydroxylation sites is 2. The van der Waals surface area contributed by atoms with Crippen molar-refractivity contribution in [2.24, 2.45) is 5.92 Å². The van der Waals surface area contributed by atoms with Gasteiger partial charge in [-0.25, -0.2) is 0 Å². The van der Waals surface area contributed by atoms with Gasteiger partial charge in [-0.3, -0.25) is 19.7 Å². The third-order valence-electron chi connectivity index (χ3n) is 5.32. The molecule has 2 aromatic rings. The number of nitro benzene ring substituents is 1. The topological polar surface area (TPSA) is 95.8 Å². The lowest BCUT2D eigenvalue weighted by atomic mass is 10.1. The van der Waals surface area contributed by atoms with Gasteiger partial charge in [0.2, 0.25) is 5.91 Å². The molecule has 0 bridgehead atoms. The Morgan fingerprint density at radius 2 is 1.70 bits per heavy atom. The predicted octanol–water partition coefficient (Wildman–Crippen LogP) is 3.46. The molecular weight excluding hydrogens is 384 g/mol. The summed E-state index contributed by atoms with van der Waals surface area (Å²) >= 11 is 0. The molecule has 2 amide bonds. The van der Waals surface area contributed by atoms with E-state index in [0.717, 1.165) is 5.69 Å². The van der Waals surface area contributed by atoms with Gasteiger partial charge in [-0.05, 0) is 25.1 Å². The van der Waals surface area contributed by atoms with Crippen molar-refractivity contribution in [3.8, 4) is 0 Å². The molecule has 0 radical (unpaired) electrons. The number of benzene rings is 2. The van der Waals surface area contributed by atoms with Crippen molar-refractivity contribution >= 4 is 28.9 Å². The van der Waals surface area contributed by atoms with Crippen LogP contribution in [0.25, 0.3) is 0 Å². The van der Waals surface area contributed by atoms with Gasteiger partial charge in [0.1, 0.15) is 0 Å². The lowest BCUT2D eigenvalue weighted by molar-refractivity contribution is -0.385. The molecule has 1 fully saturated rings. The number of nitrogens with one attached hydrogen (secondary N) is 1. The van der Waals surface area contributed by atoms with E-state index in [9.17, 15) is 19.7 Å². The van der Waals surface area contributed by atoms with Gasteiger partial charge in [0.15, 0.2) is 0 Å². The molecule has 0 aromatic heterocycles. The first kappa shape index (κ1) is 21.3. The Morgan fingerprint density at radius 3 is 2.33 bits per heavy atom. The van der Waals surface area contributed by atoms with E-state index in [1.54, 1.807) is 13.0 Å². The molecule has 30 heavy (non-hydrogen) atoms. The number of piperazine rings is 1. The van der Waals surface area contributed by atoms with Gasteiger partial charge < -0.3 is 15.1 Å². The van der Waals surface area contributed by atoms with E-state index in [4.69, 9.17) is 0 Å². The molecule has 2 aromatic carbocycles. The third kappa shape index (κ3) is 4.42. The van der Waals surface area contributed by atoms with E-state index in [1.807, 2.05) is 43.0 Å². The molecule has 1 aliphatic heterocycles. The van der Waals surface area contributed by atoms with Crippen molar-refractivity contribution in [3.63, 3.8) is 0 Å². The second kappa shape index (κ2) is 8.94. The van der Waals surface area contributed by atoms with Crippen LogP contribution in [0.15, 0.2) is 42.5 Å². The zero-order valence-electron chi connectivity index (χ0n) is 17.4. The minimum absolute atomic E-state index is 0.0266. The van der Waals surface area contributed by atoms with Crippen LogP contribution in [-0.4, -0.2) is 47.8 Å². The molecule has 0 atom stereocenters. The van der Waals surface area contributed by atoms with Gasteiger partial charge in [0.05, 0.1) is 16.3 Å². The van der Waals surface area contributed by atoms with Crippen LogP contribution in [0, 0.1) is 23.0 Å². The third-order valence-corrected chi connectivity index (χ3v) is 5.32. The van der Waals surface area contributed by atoms with E-state index in [1.165, 1.54) is 12.1 Å². The summed E-state index contributed by atoms with van der Waals surface area (Å²) in [7, 11) is 0. The maximum absolute atomic E-state index is 12.9. The number of rotatable bonds is 5. The normalized spacial score (nSPS) is 14.0.